The van der Waals surface area contributed by atoms with Gasteiger partial charge in [0.1, 0.15) is 0 Å². The summed E-state index contributed by atoms with van der Waals surface area (Å²) >= 11 is 0. The molecule has 1 aliphatic rings. The van der Waals surface area contributed by atoms with E-state index >= 15 is 0 Å². The van der Waals surface area contributed by atoms with Crippen LogP contribution in [0.25, 0.3) is 0 Å². The van der Waals surface area contributed by atoms with Gasteiger partial charge in [0, 0.05) is 33.4 Å². The molecule has 1 N–H and O–H groups in total. The molecule has 0 amide bonds. The van der Waals surface area contributed by atoms with Gasteiger partial charge < -0.3 is 14.8 Å². The van der Waals surface area contributed by atoms with E-state index in [0.717, 1.165) is 32.9 Å². The van der Waals surface area contributed by atoms with Gasteiger partial charge in [0.25, 0.3) is 0 Å². The molecule has 0 unspecified atom stereocenters. The van der Waals surface area contributed by atoms with Crippen molar-refractivity contribution in [3.63, 3.8) is 0 Å². The Morgan fingerprint density at radius 1 is 1.31 bits per heavy atom. The van der Waals surface area contributed by atoms with Gasteiger partial charge in [-0.1, -0.05) is 19.8 Å². The van der Waals surface area contributed by atoms with E-state index in [4.69, 9.17) is 9.47 Å². The smallest absolute Gasteiger partial charge is 0.0587 e. The summed E-state index contributed by atoms with van der Waals surface area (Å²) in [5, 5.41) is 3.53. The third-order valence-electron chi connectivity index (χ3n) is 3.60. The Balaban J connectivity index is 2.30. The number of unbranched alkanes of at least 4 members (excludes halogenated alkanes) is 1. The molecule has 96 valence electrons. The van der Waals surface area contributed by atoms with Crippen molar-refractivity contribution in [3.05, 3.63) is 0 Å². The highest BCUT2D eigenvalue weighted by Crippen LogP contribution is 2.35. The molecule has 0 atom stereocenters. The largest absolute Gasteiger partial charge is 0.383 e. The summed E-state index contributed by atoms with van der Waals surface area (Å²) in [4.78, 5) is 0. The molecular weight excluding hydrogens is 202 g/mol. The van der Waals surface area contributed by atoms with Crippen molar-refractivity contribution in [2.75, 3.05) is 40.0 Å². The average molecular weight is 229 g/mol. The summed E-state index contributed by atoms with van der Waals surface area (Å²) in [5.41, 5.74) is 0.488. The molecule has 0 radical (unpaired) electrons. The second kappa shape index (κ2) is 8.04. The first-order chi connectivity index (χ1) is 7.83. The summed E-state index contributed by atoms with van der Waals surface area (Å²) in [7, 11) is 1.75. The third kappa shape index (κ3) is 4.81. The van der Waals surface area contributed by atoms with Crippen LogP contribution >= 0.6 is 0 Å². The Hall–Kier alpha value is -0.120. The van der Waals surface area contributed by atoms with E-state index in [0.29, 0.717) is 5.41 Å². The van der Waals surface area contributed by atoms with Gasteiger partial charge >= 0.3 is 0 Å². The number of nitrogens with one attached hydrogen (secondary N) is 1. The summed E-state index contributed by atoms with van der Waals surface area (Å²) in [6.45, 7) is 7.04. The minimum absolute atomic E-state index is 0.488. The zero-order valence-corrected chi connectivity index (χ0v) is 10.9. The van der Waals surface area contributed by atoms with Gasteiger partial charge in [-0.3, -0.25) is 0 Å². The van der Waals surface area contributed by atoms with Crippen molar-refractivity contribution in [1.82, 2.24) is 5.32 Å². The summed E-state index contributed by atoms with van der Waals surface area (Å²) in [6.07, 6.45) is 6.40. The molecule has 3 nitrogen and oxygen atoms in total. The zero-order chi connectivity index (χ0) is 11.7. The number of rotatable bonds is 8. The van der Waals surface area contributed by atoms with Gasteiger partial charge in [0.2, 0.25) is 0 Å². The maximum atomic E-state index is 5.48. The second-order valence-electron chi connectivity index (χ2n) is 4.89. The maximum Gasteiger partial charge on any atom is 0.0587 e. The lowest BCUT2D eigenvalue weighted by molar-refractivity contribution is 0.00877. The van der Waals surface area contributed by atoms with Crippen LogP contribution in [0.3, 0.4) is 0 Å². The van der Waals surface area contributed by atoms with E-state index in [-0.39, 0.29) is 0 Å². The van der Waals surface area contributed by atoms with E-state index in [1.807, 2.05) is 0 Å². The van der Waals surface area contributed by atoms with Crippen LogP contribution in [-0.2, 0) is 9.47 Å². The predicted molar refractivity (Wildman–Crippen MR) is 66.8 cm³/mol. The highest BCUT2D eigenvalue weighted by atomic mass is 16.5. The zero-order valence-electron chi connectivity index (χ0n) is 10.9. The number of hydrogen-bond acceptors (Lipinski definition) is 3. The lowest BCUT2D eigenvalue weighted by Gasteiger charge is -2.37. The summed E-state index contributed by atoms with van der Waals surface area (Å²) < 4.78 is 10.5. The third-order valence-corrected chi connectivity index (χ3v) is 3.60. The minimum Gasteiger partial charge on any atom is -0.383 e. The first-order valence-corrected chi connectivity index (χ1v) is 6.60. The molecular formula is C13H27NO2. The molecule has 0 aromatic rings. The summed E-state index contributed by atoms with van der Waals surface area (Å²) in [6, 6.07) is 0. The topological polar surface area (TPSA) is 30.5 Å². The molecule has 1 fully saturated rings. The Labute approximate surface area is 99.9 Å². The fourth-order valence-corrected chi connectivity index (χ4v) is 2.40. The molecule has 0 spiro atoms. The number of ether oxygens (including phenoxy) is 2. The van der Waals surface area contributed by atoms with Crippen LogP contribution in [0, 0.1) is 5.41 Å². The van der Waals surface area contributed by atoms with E-state index in [1.54, 1.807) is 7.11 Å². The highest BCUT2D eigenvalue weighted by molar-refractivity contribution is 4.83. The molecule has 0 aliphatic carbocycles. The molecule has 1 aliphatic heterocycles. The molecule has 0 saturated carbocycles. The van der Waals surface area contributed by atoms with Crippen LogP contribution in [-0.4, -0.2) is 40.0 Å². The summed E-state index contributed by atoms with van der Waals surface area (Å²) in [5.74, 6) is 0. The molecule has 1 heterocycles. The monoisotopic (exact) mass is 229 g/mol. The molecule has 0 aromatic carbocycles. The van der Waals surface area contributed by atoms with E-state index < -0.39 is 0 Å². The molecule has 0 bridgehead atoms. The number of methoxy groups -OCH3 is 1. The van der Waals surface area contributed by atoms with Crippen LogP contribution < -0.4 is 5.32 Å². The minimum atomic E-state index is 0.488. The molecule has 0 aromatic heterocycles. The van der Waals surface area contributed by atoms with Crippen LogP contribution in [0.15, 0.2) is 0 Å². The van der Waals surface area contributed by atoms with Gasteiger partial charge in [0.15, 0.2) is 0 Å². The fourth-order valence-electron chi connectivity index (χ4n) is 2.40. The Bertz CT molecular complexity index is 167. The SMILES string of the molecule is CCCCC1(CNCCOC)CCOCC1. The quantitative estimate of drug-likeness (QED) is 0.647. The Kier molecular flexibility index (Phi) is 7.01. The van der Waals surface area contributed by atoms with Crippen LogP contribution in [0.4, 0.5) is 0 Å². The van der Waals surface area contributed by atoms with Gasteiger partial charge in [-0.05, 0) is 24.7 Å². The standard InChI is InChI=1S/C13H27NO2/c1-3-4-5-13(6-9-16-10-7-13)12-14-8-11-15-2/h14H,3-12H2,1-2H3. The van der Waals surface area contributed by atoms with E-state index in [1.165, 1.54) is 32.1 Å². The fraction of sp³-hybridized carbons (Fsp3) is 1.00. The normalized spacial score (nSPS) is 19.9. The predicted octanol–water partition coefficient (Wildman–Crippen LogP) is 2.21. The van der Waals surface area contributed by atoms with E-state index in [2.05, 4.69) is 12.2 Å². The number of hydrogen-bond donors (Lipinski definition) is 1. The second-order valence-corrected chi connectivity index (χ2v) is 4.89. The van der Waals surface area contributed by atoms with E-state index in [9.17, 15) is 0 Å². The molecule has 3 heteroatoms. The van der Waals surface area contributed by atoms with Gasteiger partial charge in [-0.2, -0.15) is 0 Å². The van der Waals surface area contributed by atoms with Crippen molar-refractivity contribution in [1.29, 1.82) is 0 Å². The Morgan fingerprint density at radius 2 is 2.06 bits per heavy atom. The first kappa shape index (κ1) is 13.9. The van der Waals surface area contributed by atoms with Crippen LogP contribution in [0.1, 0.15) is 39.0 Å². The van der Waals surface area contributed by atoms with Gasteiger partial charge in [0.05, 0.1) is 6.61 Å². The van der Waals surface area contributed by atoms with Crippen LogP contribution in [0.2, 0.25) is 0 Å². The van der Waals surface area contributed by atoms with Crippen molar-refractivity contribution in [2.45, 2.75) is 39.0 Å². The molecule has 1 saturated heterocycles. The average Bonchev–Trinajstić information content (AvgIpc) is 2.34. The van der Waals surface area contributed by atoms with Gasteiger partial charge in [-0.25, -0.2) is 0 Å². The van der Waals surface area contributed by atoms with Crippen molar-refractivity contribution in [2.24, 2.45) is 5.41 Å². The maximum absolute atomic E-state index is 5.48. The Morgan fingerprint density at radius 3 is 2.69 bits per heavy atom. The van der Waals surface area contributed by atoms with Crippen molar-refractivity contribution >= 4 is 0 Å². The highest BCUT2D eigenvalue weighted by Gasteiger charge is 2.31. The lowest BCUT2D eigenvalue weighted by atomic mass is 9.76. The van der Waals surface area contributed by atoms with Crippen LogP contribution in [0.5, 0.6) is 0 Å². The molecule has 1 rings (SSSR count). The van der Waals surface area contributed by atoms with Crippen molar-refractivity contribution in [3.8, 4) is 0 Å². The van der Waals surface area contributed by atoms with Crippen molar-refractivity contribution < 1.29 is 9.47 Å². The van der Waals surface area contributed by atoms with Gasteiger partial charge in [-0.15, -0.1) is 0 Å². The first-order valence-electron chi connectivity index (χ1n) is 6.60. The lowest BCUT2D eigenvalue weighted by Crippen LogP contribution is -2.40. The molecule has 16 heavy (non-hydrogen) atoms.